The van der Waals surface area contributed by atoms with Crippen molar-refractivity contribution in [1.29, 1.82) is 0 Å². The van der Waals surface area contributed by atoms with Gasteiger partial charge in [0.25, 0.3) is 0 Å². The Morgan fingerprint density at radius 3 is 2.05 bits per heavy atom. The van der Waals surface area contributed by atoms with E-state index in [1.54, 1.807) is 18.2 Å². The molecule has 1 rings (SSSR count). The molecule has 1 aromatic rings. The number of ketones is 1. The highest BCUT2D eigenvalue weighted by molar-refractivity contribution is 6.14. The van der Waals surface area contributed by atoms with Gasteiger partial charge in [0.2, 0.25) is 5.92 Å². The number of carboxylic acid groups (broad SMARTS) is 1. The number of esters is 1. The van der Waals surface area contributed by atoms with Gasteiger partial charge in [-0.1, -0.05) is 0 Å². The molecule has 1 N–H and O–H groups in total. The van der Waals surface area contributed by atoms with Gasteiger partial charge in [-0.05, 0) is 24.6 Å². The Morgan fingerprint density at radius 1 is 1.09 bits per heavy atom. The van der Waals surface area contributed by atoms with E-state index in [1.165, 1.54) is 21.1 Å². The molecule has 1 atom stereocenters. The number of benzene rings is 1. The van der Waals surface area contributed by atoms with Gasteiger partial charge < -0.3 is 19.3 Å². The SMILES string of the molecule is CCOC(=O)C(C(=O)O)C(=O)Cc1cc(OC)cc(OC)c1. The summed E-state index contributed by atoms with van der Waals surface area (Å²) in [4.78, 5) is 34.8. The number of aliphatic carboxylic acids is 1. The highest BCUT2D eigenvalue weighted by atomic mass is 16.5. The normalized spacial score (nSPS) is 11.4. The number of methoxy groups -OCH3 is 2. The fourth-order valence-corrected chi connectivity index (χ4v) is 1.87. The number of carboxylic acids is 1. The topological polar surface area (TPSA) is 99.1 Å². The van der Waals surface area contributed by atoms with Crippen LogP contribution in [0.25, 0.3) is 0 Å². The molecule has 0 fully saturated rings. The summed E-state index contributed by atoms with van der Waals surface area (Å²) >= 11 is 0. The van der Waals surface area contributed by atoms with Crippen molar-refractivity contribution in [2.24, 2.45) is 5.92 Å². The molecule has 7 heteroatoms. The molecule has 0 heterocycles. The molecule has 120 valence electrons. The van der Waals surface area contributed by atoms with Crippen LogP contribution in [-0.2, 0) is 25.5 Å². The van der Waals surface area contributed by atoms with Gasteiger partial charge in [-0.2, -0.15) is 0 Å². The number of ether oxygens (including phenoxy) is 3. The van der Waals surface area contributed by atoms with E-state index in [-0.39, 0.29) is 13.0 Å². The van der Waals surface area contributed by atoms with Gasteiger partial charge in [0.15, 0.2) is 5.78 Å². The number of carbonyl (C=O) groups is 3. The van der Waals surface area contributed by atoms with Gasteiger partial charge in [-0.3, -0.25) is 14.4 Å². The third-order valence-corrected chi connectivity index (χ3v) is 2.88. The summed E-state index contributed by atoms with van der Waals surface area (Å²) in [6.45, 7) is 1.54. The lowest BCUT2D eigenvalue weighted by molar-refractivity contribution is -0.160. The van der Waals surface area contributed by atoms with Crippen LogP contribution in [0.1, 0.15) is 12.5 Å². The summed E-state index contributed by atoms with van der Waals surface area (Å²) in [7, 11) is 2.91. The van der Waals surface area contributed by atoms with Gasteiger partial charge in [0.1, 0.15) is 11.5 Å². The largest absolute Gasteiger partial charge is 0.497 e. The second-order valence-corrected chi connectivity index (χ2v) is 4.39. The molecule has 22 heavy (non-hydrogen) atoms. The summed E-state index contributed by atoms with van der Waals surface area (Å²) < 4.78 is 14.8. The zero-order chi connectivity index (χ0) is 16.7. The Kier molecular flexibility index (Phi) is 6.37. The van der Waals surface area contributed by atoms with E-state index in [0.717, 1.165) is 0 Å². The van der Waals surface area contributed by atoms with Gasteiger partial charge in [-0.25, -0.2) is 0 Å². The average molecular weight is 310 g/mol. The van der Waals surface area contributed by atoms with E-state index < -0.39 is 23.6 Å². The van der Waals surface area contributed by atoms with Crippen LogP contribution in [0, 0.1) is 5.92 Å². The van der Waals surface area contributed by atoms with Crippen molar-refractivity contribution in [1.82, 2.24) is 0 Å². The van der Waals surface area contributed by atoms with Crippen molar-refractivity contribution in [3.05, 3.63) is 23.8 Å². The first-order valence-electron chi connectivity index (χ1n) is 6.57. The van der Waals surface area contributed by atoms with Crippen LogP contribution < -0.4 is 9.47 Å². The summed E-state index contributed by atoms with van der Waals surface area (Å²) in [5.74, 6) is -4.26. The number of rotatable bonds is 8. The van der Waals surface area contributed by atoms with Crippen LogP contribution in [-0.4, -0.2) is 43.7 Å². The lowest BCUT2D eigenvalue weighted by Crippen LogP contribution is -2.34. The van der Waals surface area contributed by atoms with Crippen molar-refractivity contribution in [2.75, 3.05) is 20.8 Å². The van der Waals surface area contributed by atoms with Crippen LogP contribution in [0.5, 0.6) is 11.5 Å². The molecule has 0 aliphatic heterocycles. The minimum absolute atomic E-state index is 0.00285. The fraction of sp³-hybridized carbons (Fsp3) is 0.400. The van der Waals surface area contributed by atoms with Crippen molar-refractivity contribution < 1.29 is 33.7 Å². The van der Waals surface area contributed by atoms with Gasteiger partial charge in [-0.15, -0.1) is 0 Å². The average Bonchev–Trinajstić information content (AvgIpc) is 2.46. The molecule has 0 saturated carbocycles. The molecule has 1 unspecified atom stereocenters. The summed E-state index contributed by atoms with van der Waals surface area (Å²) in [6, 6.07) is 4.77. The molecule has 7 nitrogen and oxygen atoms in total. The minimum atomic E-state index is -1.84. The number of hydrogen-bond acceptors (Lipinski definition) is 6. The van der Waals surface area contributed by atoms with E-state index in [0.29, 0.717) is 17.1 Å². The molecule has 0 radical (unpaired) electrons. The molecule has 0 amide bonds. The lowest BCUT2D eigenvalue weighted by Gasteiger charge is -2.12. The van der Waals surface area contributed by atoms with Gasteiger partial charge in [0.05, 0.1) is 20.8 Å². The predicted molar refractivity (Wildman–Crippen MR) is 76.0 cm³/mol. The summed E-state index contributed by atoms with van der Waals surface area (Å²) in [5.41, 5.74) is 0.483. The second-order valence-electron chi connectivity index (χ2n) is 4.39. The Labute approximate surface area is 127 Å². The number of hydrogen-bond donors (Lipinski definition) is 1. The Hall–Kier alpha value is -2.57. The Bertz CT molecular complexity index is 543. The molecular weight excluding hydrogens is 292 g/mol. The molecular formula is C15H18O7. The van der Waals surface area contributed by atoms with Crippen molar-refractivity contribution >= 4 is 17.7 Å². The van der Waals surface area contributed by atoms with Crippen LogP contribution in [0.15, 0.2) is 18.2 Å². The maximum absolute atomic E-state index is 12.1. The quantitative estimate of drug-likeness (QED) is 0.566. The van der Waals surface area contributed by atoms with E-state index >= 15 is 0 Å². The fourth-order valence-electron chi connectivity index (χ4n) is 1.87. The summed E-state index contributed by atoms with van der Waals surface area (Å²) in [6.07, 6.45) is -0.247. The van der Waals surface area contributed by atoms with Crippen molar-refractivity contribution in [3.8, 4) is 11.5 Å². The molecule has 0 saturated heterocycles. The summed E-state index contributed by atoms with van der Waals surface area (Å²) in [5, 5.41) is 9.05. The molecule has 0 bridgehead atoms. The minimum Gasteiger partial charge on any atom is -0.497 e. The predicted octanol–water partition coefficient (Wildman–Crippen LogP) is 1.08. The Balaban J connectivity index is 2.98. The molecule has 0 aliphatic carbocycles. The zero-order valence-corrected chi connectivity index (χ0v) is 12.6. The molecule has 1 aromatic carbocycles. The maximum atomic E-state index is 12.1. The first-order chi connectivity index (χ1) is 10.4. The van der Waals surface area contributed by atoms with Crippen LogP contribution in [0.2, 0.25) is 0 Å². The third-order valence-electron chi connectivity index (χ3n) is 2.88. The number of carbonyl (C=O) groups excluding carboxylic acids is 2. The molecule has 0 spiro atoms. The van der Waals surface area contributed by atoms with Crippen molar-refractivity contribution in [3.63, 3.8) is 0 Å². The van der Waals surface area contributed by atoms with Crippen molar-refractivity contribution in [2.45, 2.75) is 13.3 Å². The maximum Gasteiger partial charge on any atom is 0.328 e. The Morgan fingerprint density at radius 2 is 1.64 bits per heavy atom. The van der Waals surface area contributed by atoms with E-state index in [9.17, 15) is 14.4 Å². The first-order valence-corrected chi connectivity index (χ1v) is 6.57. The number of Topliss-reactive ketones (excluding diaryl/α,β-unsaturated/α-hetero) is 1. The highest BCUT2D eigenvalue weighted by Gasteiger charge is 2.35. The van der Waals surface area contributed by atoms with Crippen LogP contribution >= 0.6 is 0 Å². The highest BCUT2D eigenvalue weighted by Crippen LogP contribution is 2.23. The zero-order valence-electron chi connectivity index (χ0n) is 12.6. The smallest absolute Gasteiger partial charge is 0.328 e. The molecule has 0 aromatic heterocycles. The monoisotopic (exact) mass is 310 g/mol. The van der Waals surface area contributed by atoms with Crippen LogP contribution in [0.4, 0.5) is 0 Å². The third kappa shape index (κ3) is 4.47. The van der Waals surface area contributed by atoms with E-state index in [2.05, 4.69) is 4.74 Å². The van der Waals surface area contributed by atoms with Gasteiger partial charge >= 0.3 is 11.9 Å². The van der Waals surface area contributed by atoms with Gasteiger partial charge in [0, 0.05) is 12.5 Å². The standard InChI is InChI=1S/C15H18O7/c1-4-22-15(19)13(14(17)18)12(16)7-9-5-10(20-2)8-11(6-9)21-3/h5-6,8,13H,4,7H2,1-3H3,(H,17,18). The van der Waals surface area contributed by atoms with E-state index in [4.69, 9.17) is 14.6 Å². The van der Waals surface area contributed by atoms with E-state index in [1.807, 2.05) is 0 Å². The second kappa shape index (κ2) is 8.02. The lowest BCUT2D eigenvalue weighted by atomic mass is 9.97. The van der Waals surface area contributed by atoms with Crippen LogP contribution in [0.3, 0.4) is 0 Å². The molecule has 0 aliphatic rings. The first kappa shape index (κ1) is 17.5.